The quantitative estimate of drug-likeness (QED) is 0.661. The van der Waals surface area contributed by atoms with Crippen molar-refractivity contribution in [1.29, 1.82) is 0 Å². The molecule has 0 saturated carbocycles. The van der Waals surface area contributed by atoms with E-state index in [4.69, 9.17) is 5.73 Å². The number of rotatable bonds is 7. The highest BCUT2D eigenvalue weighted by Gasteiger charge is 2.19. The zero-order valence-corrected chi connectivity index (χ0v) is 10.6. The molecular weight excluding hydrogens is 172 g/mol. The second-order valence-corrected chi connectivity index (χ2v) is 5.22. The highest BCUT2D eigenvalue weighted by Crippen LogP contribution is 2.17. The summed E-state index contributed by atoms with van der Waals surface area (Å²) in [5.41, 5.74) is 6.03. The third-order valence-corrected chi connectivity index (χ3v) is 3.50. The first-order valence-electron chi connectivity index (χ1n) is 5.86. The Morgan fingerprint density at radius 3 is 2.21 bits per heavy atom. The molecule has 0 rings (SSSR count). The molecule has 0 fully saturated rings. The van der Waals surface area contributed by atoms with Crippen molar-refractivity contribution in [2.24, 2.45) is 23.0 Å². The lowest BCUT2D eigenvalue weighted by atomic mass is 9.87. The summed E-state index contributed by atoms with van der Waals surface area (Å²) in [6, 6.07) is 0. The fourth-order valence-electron chi connectivity index (χ4n) is 1.18. The Hall–Kier alpha value is -0.0800. The number of hydrogen-bond acceptors (Lipinski definition) is 2. The van der Waals surface area contributed by atoms with Crippen molar-refractivity contribution in [1.82, 2.24) is 5.32 Å². The zero-order chi connectivity index (χ0) is 11.2. The van der Waals surface area contributed by atoms with E-state index in [0.717, 1.165) is 37.9 Å². The summed E-state index contributed by atoms with van der Waals surface area (Å²) in [6.07, 6.45) is 1.15. The Bertz CT molecular complexity index is 139. The monoisotopic (exact) mass is 200 g/mol. The van der Waals surface area contributed by atoms with E-state index in [0.29, 0.717) is 0 Å². The van der Waals surface area contributed by atoms with Gasteiger partial charge < -0.3 is 11.1 Å². The van der Waals surface area contributed by atoms with Gasteiger partial charge in [-0.15, -0.1) is 0 Å². The Morgan fingerprint density at radius 1 is 1.29 bits per heavy atom. The van der Waals surface area contributed by atoms with Crippen LogP contribution in [0.4, 0.5) is 0 Å². The normalized spacial score (nSPS) is 18.2. The fraction of sp³-hybridized carbons (Fsp3) is 1.00. The van der Waals surface area contributed by atoms with Crippen LogP contribution in [0.2, 0.25) is 0 Å². The lowest BCUT2D eigenvalue weighted by Crippen LogP contribution is -2.39. The first-order valence-corrected chi connectivity index (χ1v) is 5.86. The standard InChI is InChI=1S/C12H28N2/c1-6-12(5,8-13)9-14-7-11(4)10(2)3/h10-11,14H,6-9,13H2,1-5H3. The van der Waals surface area contributed by atoms with Gasteiger partial charge in [0, 0.05) is 6.54 Å². The molecule has 0 aromatic rings. The van der Waals surface area contributed by atoms with Gasteiger partial charge in [0.15, 0.2) is 0 Å². The average molecular weight is 200 g/mol. The number of nitrogens with one attached hydrogen (secondary N) is 1. The van der Waals surface area contributed by atoms with E-state index in [2.05, 4.69) is 39.9 Å². The molecular formula is C12H28N2. The lowest BCUT2D eigenvalue weighted by Gasteiger charge is -2.28. The zero-order valence-electron chi connectivity index (χ0n) is 10.6. The van der Waals surface area contributed by atoms with Gasteiger partial charge in [0.2, 0.25) is 0 Å². The van der Waals surface area contributed by atoms with Crippen LogP contribution in [0, 0.1) is 17.3 Å². The second kappa shape index (κ2) is 6.41. The Labute approximate surface area is 89.6 Å². The highest BCUT2D eigenvalue weighted by molar-refractivity contribution is 4.76. The summed E-state index contributed by atoms with van der Waals surface area (Å²) in [4.78, 5) is 0. The van der Waals surface area contributed by atoms with Crippen LogP contribution in [-0.4, -0.2) is 19.6 Å². The SMILES string of the molecule is CCC(C)(CN)CNCC(C)C(C)C. The first-order chi connectivity index (χ1) is 6.45. The minimum Gasteiger partial charge on any atom is -0.330 e. The van der Waals surface area contributed by atoms with Crippen LogP contribution in [0.25, 0.3) is 0 Å². The Kier molecular flexibility index (Phi) is 6.38. The predicted octanol–water partition coefficient (Wildman–Crippen LogP) is 2.24. The van der Waals surface area contributed by atoms with E-state index < -0.39 is 0 Å². The van der Waals surface area contributed by atoms with Gasteiger partial charge in [-0.25, -0.2) is 0 Å². The van der Waals surface area contributed by atoms with Gasteiger partial charge in [-0.05, 0) is 36.8 Å². The van der Waals surface area contributed by atoms with Crippen LogP contribution in [0.5, 0.6) is 0 Å². The molecule has 0 heterocycles. The summed E-state index contributed by atoms with van der Waals surface area (Å²) in [7, 11) is 0. The van der Waals surface area contributed by atoms with Gasteiger partial charge in [0.1, 0.15) is 0 Å². The van der Waals surface area contributed by atoms with Crippen molar-refractivity contribution in [3.8, 4) is 0 Å². The predicted molar refractivity (Wildman–Crippen MR) is 64.3 cm³/mol. The van der Waals surface area contributed by atoms with Crippen LogP contribution in [-0.2, 0) is 0 Å². The average Bonchev–Trinajstić information content (AvgIpc) is 2.17. The molecule has 0 aromatic carbocycles. The van der Waals surface area contributed by atoms with E-state index in [-0.39, 0.29) is 5.41 Å². The van der Waals surface area contributed by atoms with E-state index >= 15 is 0 Å². The Balaban J connectivity index is 3.72. The fourth-order valence-corrected chi connectivity index (χ4v) is 1.18. The molecule has 0 aliphatic rings. The molecule has 2 heteroatoms. The molecule has 0 radical (unpaired) electrons. The first kappa shape index (κ1) is 13.9. The minimum absolute atomic E-state index is 0.275. The summed E-state index contributed by atoms with van der Waals surface area (Å²) in [6.45, 7) is 14.2. The molecule has 0 bridgehead atoms. The lowest BCUT2D eigenvalue weighted by molar-refractivity contribution is 0.285. The summed E-state index contributed by atoms with van der Waals surface area (Å²) in [5, 5.41) is 3.53. The van der Waals surface area contributed by atoms with Crippen LogP contribution >= 0.6 is 0 Å². The van der Waals surface area contributed by atoms with Crippen molar-refractivity contribution in [3.63, 3.8) is 0 Å². The molecule has 86 valence electrons. The summed E-state index contributed by atoms with van der Waals surface area (Å²) < 4.78 is 0. The van der Waals surface area contributed by atoms with Gasteiger partial charge in [0.05, 0.1) is 0 Å². The van der Waals surface area contributed by atoms with E-state index in [1.54, 1.807) is 0 Å². The highest BCUT2D eigenvalue weighted by atomic mass is 14.9. The smallest absolute Gasteiger partial charge is 0.00173 e. The van der Waals surface area contributed by atoms with Crippen LogP contribution in [0.1, 0.15) is 41.0 Å². The Morgan fingerprint density at radius 2 is 1.86 bits per heavy atom. The minimum atomic E-state index is 0.275. The molecule has 0 amide bonds. The van der Waals surface area contributed by atoms with E-state index in [9.17, 15) is 0 Å². The maximum atomic E-state index is 5.75. The molecule has 0 spiro atoms. The maximum absolute atomic E-state index is 5.75. The van der Waals surface area contributed by atoms with Crippen LogP contribution < -0.4 is 11.1 Å². The van der Waals surface area contributed by atoms with Crippen molar-refractivity contribution < 1.29 is 0 Å². The molecule has 14 heavy (non-hydrogen) atoms. The molecule has 3 N–H and O–H groups in total. The van der Waals surface area contributed by atoms with Gasteiger partial charge in [-0.1, -0.05) is 34.6 Å². The topological polar surface area (TPSA) is 38.0 Å². The van der Waals surface area contributed by atoms with Crippen LogP contribution in [0.3, 0.4) is 0 Å². The van der Waals surface area contributed by atoms with E-state index in [1.807, 2.05) is 0 Å². The summed E-state index contributed by atoms with van der Waals surface area (Å²) >= 11 is 0. The third-order valence-electron chi connectivity index (χ3n) is 3.50. The third kappa shape index (κ3) is 4.97. The van der Waals surface area contributed by atoms with Crippen molar-refractivity contribution in [3.05, 3.63) is 0 Å². The molecule has 2 nitrogen and oxygen atoms in total. The maximum Gasteiger partial charge on any atom is 0.00173 e. The van der Waals surface area contributed by atoms with Crippen LogP contribution in [0.15, 0.2) is 0 Å². The van der Waals surface area contributed by atoms with E-state index in [1.165, 1.54) is 0 Å². The molecule has 0 saturated heterocycles. The van der Waals surface area contributed by atoms with Crippen molar-refractivity contribution in [2.45, 2.75) is 41.0 Å². The molecule has 2 unspecified atom stereocenters. The van der Waals surface area contributed by atoms with Crippen molar-refractivity contribution >= 4 is 0 Å². The second-order valence-electron chi connectivity index (χ2n) is 5.22. The van der Waals surface area contributed by atoms with Gasteiger partial charge in [0.25, 0.3) is 0 Å². The van der Waals surface area contributed by atoms with Crippen molar-refractivity contribution in [2.75, 3.05) is 19.6 Å². The summed E-state index contributed by atoms with van der Waals surface area (Å²) in [5.74, 6) is 1.50. The number of nitrogens with two attached hydrogens (primary N) is 1. The molecule has 0 aliphatic carbocycles. The number of hydrogen-bond donors (Lipinski definition) is 2. The molecule has 0 aliphatic heterocycles. The molecule has 2 atom stereocenters. The largest absolute Gasteiger partial charge is 0.330 e. The van der Waals surface area contributed by atoms with Gasteiger partial charge in [-0.2, -0.15) is 0 Å². The van der Waals surface area contributed by atoms with Gasteiger partial charge in [-0.3, -0.25) is 0 Å². The molecule has 0 aromatic heterocycles. The van der Waals surface area contributed by atoms with Gasteiger partial charge >= 0.3 is 0 Å².